The van der Waals surface area contributed by atoms with E-state index in [9.17, 15) is 0 Å². The molecule has 1 unspecified atom stereocenters. The van der Waals surface area contributed by atoms with E-state index in [2.05, 4.69) is 95.3 Å². The second-order valence-electron chi connectivity index (χ2n) is 8.31. The van der Waals surface area contributed by atoms with Crippen molar-refractivity contribution < 1.29 is 17.0 Å². The third-order valence-corrected chi connectivity index (χ3v) is 5.40. The van der Waals surface area contributed by atoms with Gasteiger partial charge >= 0.3 is 35.6 Å². The van der Waals surface area contributed by atoms with Gasteiger partial charge in [-0.25, -0.2) is 0 Å². The maximum Gasteiger partial charge on any atom is -0.693 e. The molecule has 2 N–H and O–H groups in total. The van der Waals surface area contributed by atoms with Crippen LogP contribution >= 0.6 is 18.6 Å². The molecule has 0 spiro atoms. The molecule has 152 valence electrons. The molecule has 1 atom stereocenters. The maximum absolute atomic E-state index is 4.89. The fourth-order valence-corrected chi connectivity index (χ4v) is 4.42. The predicted molar refractivity (Wildman–Crippen MR) is 126 cm³/mol. The number of hydrogen-bond acceptors (Lipinski definition) is 0. The Balaban J connectivity index is 0.000000708. The van der Waals surface area contributed by atoms with Crippen molar-refractivity contribution >= 4 is 35.5 Å². The summed E-state index contributed by atoms with van der Waals surface area (Å²) in [7, 11) is 9.78. The van der Waals surface area contributed by atoms with Gasteiger partial charge in [-0.1, -0.05) is 91.8 Å². The molecule has 1 nitrogen and oxygen atoms in total. The molecule has 0 saturated heterocycles. The van der Waals surface area contributed by atoms with Gasteiger partial charge in [-0.3, -0.25) is 0 Å². The first-order chi connectivity index (χ1) is 13.3. The fourth-order valence-electron chi connectivity index (χ4n) is 4.42. The van der Waals surface area contributed by atoms with Crippen LogP contribution in [0.25, 0.3) is 23.0 Å². The number of fused-ring (bicyclic) bond motifs is 2. The molecule has 1 aliphatic rings. The van der Waals surface area contributed by atoms with Crippen LogP contribution in [0.5, 0.6) is 0 Å². The monoisotopic (exact) mass is 459 g/mol. The zero-order valence-electron chi connectivity index (χ0n) is 17.4. The van der Waals surface area contributed by atoms with Gasteiger partial charge in [-0.15, -0.1) is 17.2 Å². The molecule has 0 amide bonds. The molecule has 0 bridgehead atoms. The fraction of sp³-hybridized carbons (Fsp3) is 0.240. The zero-order chi connectivity index (χ0) is 20.5. The van der Waals surface area contributed by atoms with Crippen LogP contribution in [0.1, 0.15) is 61.4 Å². The Hall–Kier alpha value is -1.22. The van der Waals surface area contributed by atoms with Gasteiger partial charge in [0.25, 0.3) is 0 Å². The van der Waals surface area contributed by atoms with Crippen LogP contribution < -0.4 is 0 Å². The molecule has 0 saturated carbocycles. The van der Waals surface area contributed by atoms with Crippen LogP contribution in [0, 0.1) is 6.92 Å². The first-order valence-electron chi connectivity index (χ1n) is 9.41. The molecule has 0 radical (unpaired) electrons. The minimum Gasteiger partial charge on any atom is -0.693 e. The standard InChI is InChI=1S/C25H25.2ClH.H2N.Ti/c1-16-14-18-10-6-8-12-20(18)23(16)22-15-19-11-7-9-13-21(19)24(17(22)2)25(3,4)5;;;;/h6-15,23H,2H2,1,3-5H3;2*1H;1H2;/q-1;;;-1;+2/p-2. The molecule has 0 fully saturated rings. The predicted octanol–water partition coefficient (Wildman–Crippen LogP) is 8.96. The number of benzene rings is 3. The van der Waals surface area contributed by atoms with Gasteiger partial charge in [0.2, 0.25) is 0 Å². The summed E-state index contributed by atoms with van der Waals surface area (Å²) in [6.07, 6.45) is 2.32. The largest absolute Gasteiger partial charge is 0.693 e. The van der Waals surface area contributed by atoms with Crippen molar-refractivity contribution in [2.75, 3.05) is 0 Å². The molecule has 3 aromatic rings. The van der Waals surface area contributed by atoms with Crippen molar-refractivity contribution in [2.24, 2.45) is 0 Å². The third-order valence-electron chi connectivity index (χ3n) is 5.40. The Morgan fingerprint density at radius 1 is 0.931 bits per heavy atom. The van der Waals surface area contributed by atoms with E-state index in [1.165, 1.54) is 44.2 Å². The summed E-state index contributed by atoms with van der Waals surface area (Å²) < 4.78 is 0. The summed E-state index contributed by atoms with van der Waals surface area (Å²) in [5.41, 5.74) is 8.12. The molecule has 4 heteroatoms. The molecule has 4 rings (SSSR count). The molecule has 1 aliphatic carbocycles. The summed E-state index contributed by atoms with van der Waals surface area (Å²) in [5.74, 6) is 0.314. The normalized spacial score (nSPS) is 15.0. The Morgan fingerprint density at radius 2 is 1.52 bits per heavy atom. The van der Waals surface area contributed by atoms with Crippen molar-refractivity contribution in [1.82, 2.24) is 0 Å². The van der Waals surface area contributed by atoms with Gasteiger partial charge in [0, 0.05) is 0 Å². The van der Waals surface area contributed by atoms with Crippen LogP contribution in [-0.2, 0) is 22.4 Å². The topological polar surface area (TPSA) is 33.5 Å². The molecule has 0 aliphatic heterocycles. The number of nitrogens with two attached hydrogens (primary N) is 1. The summed E-state index contributed by atoms with van der Waals surface area (Å²) in [6.45, 7) is 13.7. The van der Waals surface area contributed by atoms with Gasteiger partial charge in [-0.2, -0.15) is 12.5 Å². The Labute approximate surface area is 191 Å². The minimum absolute atomic E-state index is 0. The van der Waals surface area contributed by atoms with E-state index >= 15 is 0 Å². The second-order valence-corrected chi connectivity index (χ2v) is 10.9. The smallest absolute Gasteiger partial charge is 0.693 e. The summed E-state index contributed by atoms with van der Waals surface area (Å²) in [4.78, 5) is 0. The molecule has 0 heterocycles. The van der Waals surface area contributed by atoms with Crippen molar-refractivity contribution in [2.45, 2.75) is 39.0 Å². The van der Waals surface area contributed by atoms with Gasteiger partial charge in [0.1, 0.15) is 0 Å². The van der Waals surface area contributed by atoms with Crippen molar-refractivity contribution in [1.29, 1.82) is 0 Å². The van der Waals surface area contributed by atoms with Gasteiger partial charge in [-0.05, 0) is 29.4 Å². The molecule has 3 aromatic carbocycles. The second kappa shape index (κ2) is 9.73. The molecule has 0 aromatic heterocycles. The summed E-state index contributed by atoms with van der Waals surface area (Å²) in [6, 6.07) is 19.8. The van der Waals surface area contributed by atoms with E-state index in [-0.39, 0.29) is 11.6 Å². The van der Waals surface area contributed by atoms with Crippen LogP contribution in [-0.4, -0.2) is 0 Å². The zero-order valence-corrected chi connectivity index (χ0v) is 20.5. The summed E-state index contributed by atoms with van der Waals surface area (Å²) >= 11 is -0.556. The Bertz CT molecular complexity index is 1030. The Morgan fingerprint density at radius 3 is 2.17 bits per heavy atom. The van der Waals surface area contributed by atoms with E-state index < -0.39 is 17.0 Å². The average Bonchev–Trinajstić information content (AvgIpc) is 2.96. The van der Waals surface area contributed by atoms with Crippen LogP contribution in [0.3, 0.4) is 0 Å². The van der Waals surface area contributed by atoms with Crippen molar-refractivity contribution in [3.8, 4) is 0 Å². The number of halogens is 2. The van der Waals surface area contributed by atoms with E-state index in [1.807, 2.05) is 0 Å². The average molecular weight is 460 g/mol. The first-order valence-corrected chi connectivity index (χ1v) is 13.7. The van der Waals surface area contributed by atoms with Gasteiger partial charge < -0.3 is 6.15 Å². The SMILES string of the molecule is [CH2-]c1c(C2C(C)=Cc3ccccc32)cc2ccccc2c1C(C)(C)C.[Cl][Ti][Cl].[NH2-]. The molecular formula is C25H27Cl2NTi-2. The third kappa shape index (κ3) is 4.76. The van der Waals surface area contributed by atoms with Crippen LogP contribution in [0.15, 0.2) is 60.2 Å². The Kier molecular flexibility index (Phi) is 8.07. The van der Waals surface area contributed by atoms with Crippen LogP contribution in [0.4, 0.5) is 0 Å². The van der Waals surface area contributed by atoms with E-state index in [1.54, 1.807) is 0 Å². The number of hydrogen-bond donors (Lipinski definition) is 0. The van der Waals surface area contributed by atoms with Crippen molar-refractivity contribution in [3.05, 3.63) is 101 Å². The van der Waals surface area contributed by atoms with Gasteiger partial charge in [0.05, 0.1) is 0 Å². The number of rotatable bonds is 1. The minimum atomic E-state index is -0.556. The van der Waals surface area contributed by atoms with E-state index in [4.69, 9.17) is 18.6 Å². The maximum atomic E-state index is 4.89. The molecule has 29 heavy (non-hydrogen) atoms. The number of allylic oxidation sites excluding steroid dienone is 1. The molecular weight excluding hydrogens is 433 g/mol. The summed E-state index contributed by atoms with van der Waals surface area (Å²) in [5, 5.41) is 2.64. The van der Waals surface area contributed by atoms with Crippen LogP contribution in [0.2, 0.25) is 0 Å². The van der Waals surface area contributed by atoms with Gasteiger partial charge in [0.15, 0.2) is 0 Å². The van der Waals surface area contributed by atoms with E-state index in [0.717, 1.165) is 0 Å². The quantitative estimate of drug-likeness (QED) is 0.257. The van der Waals surface area contributed by atoms with E-state index in [0.29, 0.717) is 5.92 Å². The van der Waals surface area contributed by atoms with Crippen molar-refractivity contribution in [3.63, 3.8) is 0 Å². The first kappa shape index (κ1) is 24.1.